The van der Waals surface area contributed by atoms with Gasteiger partial charge in [0.05, 0.1) is 25.3 Å². The van der Waals surface area contributed by atoms with E-state index in [0.717, 1.165) is 68.5 Å². The van der Waals surface area contributed by atoms with Gasteiger partial charge in [-0.05, 0) is 26.2 Å². The standard InChI is InChI=1S/C17H25N5O/c1-21(2)13-16-19-15-6-4-3-5-14(15)17(20-16)18-7-8-22-9-11-23-12-10-22/h3-6H,7-13H2,1-2H3,(H,18,19,20). The number of hydrogen-bond acceptors (Lipinski definition) is 6. The lowest BCUT2D eigenvalue weighted by atomic mass is 10.2. The summed E-state index contributed by atoms with van der Waals surface area (Å²) < 4.78 is 5.39. The van der Waals surface area contributed by atoms with Crippen molar-refractivity contribution in [2.75, 3.05) is 58.8 Å². The Kier molecular flexibility index (Phi) is 5.38. The molecule has 23 heavy (non-hydrogen) atoms. The van der Waals surface area contributed by atoms with Crippen molar-refractivity contribution >= 4 is 16.7 Å². The Morgan fingerprint density at radius 1 is 1.17 bits per heavy atom. The van der Waals surface area contributed by atoms with Gasteiger partial charge in [-0.1, -0.05) is 12.1 Å². The van der Waals surface area contributed by atoms with Crippen LogP contribution in [-0.2, 0) is 11.3 Å². The van der Waals surface area contributed by atoms with Crippen LogP contribution >= 0.6 is 0 Å². The van der Waals surface area contributed by atoms with Crippen molar-refractivity contribution < 1.29 is 4.74 Å². The third-order valence-corrected chi connectivity index (χ3v) is 3.93. The Morgan fingerprint density at radius 3 is 2.74 bits per heavy atom. The van der Waals surface area contributed by atoms with Crippen molar-refractivity contribution in [2.45, 2.75) is 6.54 Å². The number of ether oxygens (including phenoxy) is 1. The van der Waals surface area contributed by atoms with Crippen LogP contribution in [0.1, 0.15) is 5.82 Å². The zero-order valence-electron chi connectivity index (χ0n) is 14.0. The summed E-state index contributed by atoms with van der Waals surface area (Å²) in [5.41, 5.74) is 0.994. The number of fused-ring (bicyclic) bond motifs is 1. The second kappa shape index (κ2) is 7.68. The number of para-hydroxylation sites is 1. The fraction of sp³-hybridized carbons (Fsp3) is 0.529. The lowest BCUT2D eigenvalue weighted by Gasteiger charge is -2.26. The summed E-state index contributed by atoms with van der Waals surface area (Å²) in [6.45, 7) is 6.32. The maximum Gasteiger partial charge on any atom is 0.145 e. The molecule has 124 valence electrons. The van der Waals surface area contributed by atoms with E-state index >= 15 is 0 Å². The van der Waals surface area contributed by atoms with E-state index in [4.69, 9.17) is 9.72 Å². The number of morpholine rings is 1. The van der Waals surface area contributed by atoms with E-state index < -0.39 is 0 Å². The molecule has 1 fully saturated rings. The third kappa shape index (κ3) is 4.37. The summed E-state index contributed by atoms with van der Waals surface area (Å²) in [5, 5.41) is 4.58. The van der Waals surface area contributed by atoms with Gasteiger partial charge in [0.25, 0.3) is 0 Å². The highest BCUT2D eigenvalue weighted by atomic mass is 16.5. The van der Waals surface area contributed by atoms with Crippen LogP contribution in [0.4, 0.5) is 5.82 Å². The molecule has 3 rings (SSSR count). The predicted octanol–water partition coefficient (Wildman–Crippen LogP) is 1.44. The first-order valence-corrected chi connectivity index (χ1v) is 8.17. The zero-order valence-corrected chi connectivity index (χ0v) is 14.0. The fourth-order valence-electron chi connectivity index (χ4n) is 2.77. The molecular weight excluding hydrogens is 290 g/mol. The van der Waals surface area contributed by atoms with Gasteiger partial charge in [-0.15, -0.1) is 0 Å². The van der Waals surface area contributed by atoms with Crippen molar-refractivity contribution in [2.24, 2.45) is 0 Å². The van der Waals surface area contributed by atoms with E-state index in [1.165, 1.54) is 0 Å². The Morgan fingerprint density at radius 2 is 1.96 bits per heavy atom. The number of nitrogens with zero attached hydrogens (tertiary/aromatic N) is 4. The minimum atomic E-state index is 0.739. The first-order valence-electron chi connectivity index (χ1n) is 8.17. The summed E-state index contributed by atoms with van der Waals surface area (Å²) >= 11 is 0. The average molecular weight is 315 g/mol. The Balaban J connectivity index is 1.72. The highest BCUT2D eigenvalue weighted by molar-refractivity contribution is 5.88. The first kappa shape index (κ1) is 16.1. The summed E-state index contributed by atoms with van der Waals surface area (Å²) in [5.74, 6) is 1.78. The second-order valence-corrected chi connectivity index (χ2v) is 6.12. The number of nitrogens with one attached hydrogen (secondary N) is 1. The minimum absolute atomic E-state index is 0.739. The van der Waals surface area contributed by atoms with Crippen LogP contribution in [0.5, 0.6) is 0 Å². The van der Waals surface area contributed by atoms with Crippen molar-refractivity contribution in [3.63, 3.8) is 0 Å². The van der Waals surface area contributed by atoms with Crippen LogP contribution < -0.4 is 5.32 Å². The molecule has 0 spiro atoms. The molecule has 0 atom stereocenters. The molecule has 0 bridgehead atoms. The molecule has 6 heteroatoms. The lowest BCUT2D eigenvalue weighted by molar-refractivity contribution is 0.0398. The van der Waals surface area contributed by atoms with E-state index in [9.17, 15) is 0 Å². The molecular formula is C17H25N5O. The zero-order chi connectivity index (χ0) is 16.1. The van der Waals surface area contributed by atoms with Crippen molar-refractivity contribution in [1.29, 1.82) is 0 Å². The normalized spacial score (nSPS) is 16.1. The average Bonchev–Trinajstić information content (AvgIpc) is 2.55. The fourth-order valence-corrected chi connectivity index (χ4v) is 2.77. The molecule has 0 aliphatic carbocycles. The molecule has 0 amide bonds. The van der Waals surface area contributed by atoms with Gasteiger partial charge in [-0.3, -0.25) is 4.90 Å². The van der Waals surface area contributed by atoms with Gasteiger partial charge in [0, 0.05) is 31.6 Å². The Bertz CT molecular complexity index is 640. The van der Waals surface area contributed by atoms with Crippen molar-refractivity contribution in [3.05, 3.63) is 30.1 Å². The summed E-state index contributed by atoms with van der Waals surface area (Å²) in [7, 11) is 4.06. The molecule has 0 unspecified atom stereocenters. The third-order valence-electron chi connectivity index (χ3n) is 3.93. The SMILES string of the molecule is CN(C)Cc1nc(NCCN2CCOCC2)c2ccccc2n1. The molecule has 2 aromatic rings. The van der Waals surface area contributed by atoms with Gasteiger partial charge >= 0.3 is 0 Å². The number of rotatable bonds is 6. The monoisotopic (exact) mass is 315 g/mol. The van der Waals surface area contributed by atoms with Crippen LogP contribution in [0, 0.1) is 0 Å². The Labute approximate surface area is 137 Å². The number of anilines is 1. The van der Waals surface area contributed by atoms with Gasteiger partial charge in [-0.25, -0.2) is 9.97 Å². The number of hydrogen-bond donors (Lipinski definition) is 1. The minimum Gasteiger partial charge on any atom is -0.379 e. The van der Waals surface area contributed by atoms with E-state index in [-0.39, 0.29) is 0 Å². The van der Waals surface area contributed by atoms with Gasteiger partial charge in [0.15, 0.2) is 0 Å². The largest absolute Gasteiger partial charge is 0.379 e. The number of benzene rings is 1. The van der Waals surface area contributed by atoms with E-state index in [1.807, 2.05) is 32.3 Å². The van der Waals surface area contributed by atoms with Crippen molar-refractivity contribution in [3.8, 4) is 0 Å². The highest BCUT2D eigenvalue weighted by Crippen LogP contribution is 2.20. The molecule has 6 nitrogen and oxygen atoms in total. The molecule has 1 saturated heterocycles. The molecule has 2 heterocycles. The molecule has 1 aromatic carbocycles. The second-order valence-electron chi connectivity index (χ2n) is 6.12. The van der Waals surface area contributed by atoms with Crippen LogP contribution in [0.3, 0.4) is 0 Å². The van der Waals surface area contributed by atoms with Crippen LogP contribution in [0.25, 0.3) is 10.9 Å². The van der Waals surface area contributed by atoms with Crippen LogP contribution in [-0.4, -0.2) is 73.3 Å². The lowest BCUT2D eigenvalue weighted by Crippen LogP contribution is -2.39. The first-order chi connectivity index (χ1) is 11.2. The molecule has 0 radical (unpaired) electrons. The van der Waals surface area contributed by atoms with Gasteiger partial charge < -0.3 is 15.0 Å². The molecule has 1 aliphatic heterocycles. The molecule has 1 aliphatic rings. The van der Waals surface area contributed by atoms with E-state index in [1.54, 1.807) is 0 Å². The highest BCUT2D eigenvalue weighted by Gasteiger charge is 2.11. The predicted molar refractivity (Wildman–Crippen MR) is 92.7 cm³/mol. The van der Waals surface area contributed by atoms with Gasteiger partial charge in [-0.2, -0.15) is 0 Å². The molecule has 1 N–H and O–H groups in total. The van der Waals surface area contributed by atoms with E-state index in [0.29, 0.717) is 0 Å². The topological polar surface area (TPSA) is 53.5 Å². The van der Waals surface area contributed by atoms with E-state index in [2.05, 4.69) is 26.2 Å². The molecule has 0 saturated carbocycles. The summed E-state index contributed by atoms with van der Waals surface area (Å²) in [6, 6.07) is 8.17. The van der Waals surface area contributed by atoms with Crippen LogP contribution in [0.15, 0.2) is 24.3 Å². The van der Waals surface area contributed by atoms with Crippen molar-refractivity contribution in [1.82, 2.24) is 19.8 Å². The number of aromatic nitrogens is 2. The maximum absolute atomic E-state index is 5.39. The smallest absolute Gasteiger partial charge is 0.145 e. The van der Waals surface area contributed by atoms with Crippen LogP contribution in [0.2, 0.25) is 0 Å². The molecule has 1 aromatic heterocycles. The van der Waals surface area contributed by atoms with Gasteiger partial charge in [0.2, 0.25) is 0 Å². The van der Waals surface area contributed by atoms with Gasteiger partial charge in [0.1, 0.15) is 11.6 Å². The maximum atomic E-state index is 5.39. The summed E-state index contributed by atoms with van der Waals surface area (Å²) in [6.07, 6.45) is 0. The quantitative estimate of drug-likeness (QED) is 0.870. The summed E-state index contributed by atoms with van der Waals surface area (Å²) in [4.78, 5) is 13.9. The Hall–Kier alpha value is -1.76.